The molecule has 1 aromatic heterocycles. The normalized spacial score (nSPS) is 12.6. The third kappa shape index (κ3) is 4.05. The fraction of sp³-hybridized carbons (Fsp3) is 0.267. The molecule has 0 amide bonds. The van der Waals surface area contributed by atoms with Crippen molar-refractivity contribution in [2.45, 2.75) is 12.6 Å². The molecule has 0 saturated heterocycles. The van der Waals surface area contributed by atoms with Crippen molar-refractivity contribution < 1.29 is 5.11 Å². The predicted octanol–water partition coefficient (Wildman–Crippen LogP) is 1.83. The standard InChI is InChI=1S/C15H19N3O/c1-18(10-12-4-3-7-17-9-12)11-15(19)13-5-2-6-14(16)8-13/h2-9,15,19H,10-11,16H2,1H3. The minimum atomic E-state index is -0.537. The molecule has 2 rings (SSSR count). The first-order chi connectivity index (χ1) is 9.15. The molecule has 2 aromatic rings. The zero-order valence-corrected chi connectivity index (χ0v) is 11.0. The highest BCUT2D eigenvalue weighted by molar-refractivity contribution is 5.41. The molecule has 0 aliphatic heterocycles. The van der Waals surface area contributed by atoms with E-state index in [1.54, 1.807) is 6.20 Å². The number of hydrogen-bond donors (Lipinski definition) is 2. The number of rotatable bonds is 5. The second kappa shape index (κ2) is 6.31. The summed E-state index contributed by atoms with van der Waals surface area (Å²) in [4.78, 5) is 6.14. The van der Waals surface area contributed by atoms with Gasteiger partial charge in [-0.25, -0.2) is 0 Å². The number of nitrogen functional groups attached to an aromatic ring is 1. The van der Waals surface area contributed by atoms with Crippen LogP contribution in [0.25, 0.3) is 0 Å². The van der Waals surface area contributed by atoms with Gasteiger partial charge in [-0.05, 0) is 36.4 Å². The number of nitrogens with two attached hydrogens (primary N) is 1. The van der Waals surface area contributed by atoms with Crippen molar-refractivity contribution in [1.29, 1.82) is 0 Å². The molecule has 1 atom stereocenters. The lowest BCUT2D eigenvalue weighted by atomic mass is 10.1. The number of hydrogen-bond acceptors (Lipinski definition) is 4. The Hall–Kier alpha value is -1.91. The Bertz CT molecular complexity index is 516. The maximum atomic E-state index is 10.2. The van der Waals surface area contributed by atoms with Gasteiger partial charge in [-0.1, -0.05) is 18.2 Å². The number of pyridine rings is 1. The smallest absolute Gasteiger partial charge is 0.0917 e. The van der Waals surface area contributed by atoms with Crippen molar-refractivity contribution in [2.75, 3.05) is 19.3 Å². The molecule has 4 nitrogen and oxygen atoms in total. The van der Waals surface area contributed by atoms with E-state index in [4.69, 9.17) is 5.73 Å². The molecular weight excluding hydrogens is 238 g/mol. The zero-order chi connectivity index (χ0) is 13.7. The van der Waals surface area contributed by atoms with E-state index in [0.29, 0.717) is 12.2 Å². The number of aliphatic hydroxyl groups excluding tert-OH is 1. The summed E-state index contributed by atoms with van der Waals surface area (Å²) in [6.07, 6.45) is 3.05. The van der Waals surface area contributed by atoms with Crippen LogP contribution in [0.2, 0.25) is 0 Å². The van der Waals surface area contributed by atoms with Crippen LogP contribution in [0.5, 0.6) is 0 Å². The van der Waals surface area contributed by atoms with E-state index in [1.165, 1.54) is 0 Å². The van der Waals surface area contributed by atoms with Gasteiger partial charge in [0.25, 0.3) is 0 Å². The zero-order valence-electron chi connectivity index (χ0n) is 11.0. The van der Waals surface area contributed by atoms with E-state index in [0.717, 1.165) is 17.7 Å². The summed E-state index contributed by atoms with van der Waals surface area (Å²) >= 11 is 0. The molecule has 0 bridgehead atoms. The lowest BCUT2D eigenvalue weighted by Gasteiger charge is -2.20. The fourth-order valence-electron chi connectivity index (χ4n) is 2.03. The second-order valence-electron chi connectivity index (χ2n) is 4.74. The van der Waals surface area contributed by atoms with Gasteiger partial charge in [-0.2, -0.15) is 0 Å². The highest BCUT2D eigenvalue weighted by Gasteiger charge is 2.11. The number of likely N-dealkylation sites (N-methyl/N-ethyl adjacent to an activating group) is 1. The number of aromatic nitrogens is 1. The first-order valence-electron chi connectivity index (χ1n) is 6.26. The average molecular weight is 257 g/mol. The quantitative estimate of drug-likeness (QED) is 0.802. The molecule has 0 spiro atoms. The molecule has 1 unspecified atom stereocenters. The third-order valence-electron chi connectivity index (χ3n) is 2.96. The van der Waals surface area contributed by atoms with Crippen molar-refractivity contribution in [3.8, 4) is 0 Å². The van der Waals surface area contributed by atoms with Gasteiger partial charge in [-0.3, -0.25) is 9.88 Å². The van der Waals surface area contributed by atoms with Crippen molar-refractivity contribution >= 4 is 5.69 Å². The highest BCUT2D eigenvalue weighted by Crippen LogP contribution is 2.17. The van der Waals surface area contributed by atoms with E-state index in [-0.39, 0.29) is 0 Å². The topological polar surface area (TPSA) is 62.4 Å². The van der Waals surface area contributed by atoms with Gasteiger partial charge in [0.2, 0.25) is 0 Å². The Morgan fingerprint density at radius 1 is 1.32 bits per heavy atom. The Labute approximate surface area is 113 Å². The van der Waals surface area contributed by atoms with Crippen LogP contribution in [0.3, 0.4) is 0 Å². The predicted molar refractivity (Wildman–Crippen MR) is 76.4 cm³/mol. The summed E-state index contributed by atoms with van der Waals surface area (Å²) in [6, 6.07) is 11.3. The Morgan fingerprint density at radius 3 is 2.84 bits per heavy atom. The first-order valence-corrected chi connectivity index (χ1v) is 6.26. The monoisotopic (exact) mass is 257 g/mol. The highest BCUT2D eigenvalue weighted by atomic mass is 16.3. The fourth-order valence-corrected chi connectivity index (χ4v) is 2.03. The van der Waals surface area contributed by atoms with Gasteiger partial charge < -0.3 is 10.8 Å². The number of nitrogens with zero attached hydrogens (tertiary/aromatic N) is 2. The lowest BCUT2D eigenvalue weighted by Crippen LogP contribution is -2.24. The molecule has 100 valence electrons. The molecule has 0 saturated carbocycles. The van der Waals surface area contributed by atoms with Crippen molar-refractivity contribution in [2.24, 2.45) is 0 Å². The minimum absolute atomic E-state index is 0.537. The van der Waals surface area contributed by atoms with Gasteiger partial charge in [0.1, 0.15) is 0 Å². The summed E-state index contributed by atoms with van der Waals surface area (Å²) in [5, 5.41) is 10.2. The van der Waals surface area contributed by atoms with Crippen LogP contribution in [0, 0.1) is 0 Å². The summed E-state index contributed by atoms with van der Waals surface area (Å²) in [5.74, 6) is 0. The largest absolute Gasteiger partial charge is 0.399 e. The van der Waals surface area contributed by atoms with Crippen LogP contribution in [-0.2, 0) is 6.54 Å². The molecule has 1 aromatic carbocycles. The van der Waals surface area contributed by atoms with Crippen LogP contribution < -0.4 is 5.73 Å². The summed E-state index contributed by atoms with van der Waals surface area (Å²) in [7, 11) is 1.97. The van der Waals surface area contributed by atoms with Crippen molar-refractivity contribution in [1.82, 2.24) is 9.88 Å². The summed E-state index contributed by atoms with van der Waals surface area (Å²) < 4.78 is 0. The Kier molecular flexibility index (Phi) is 4.49. The molecule has 3 N–H and O–H groups in total. The third-order valence-corrected chi connectivity index (χ3v) is 2.96. The Morgan fingerprint density at radius 2 is 2.16 bits per heavy atom. The maximum absolute atomic E-state index is 10.2. The van der Waals surface area contributed by atoms with Crippen LogP contribution in [0.4, 0.5) is 5.69 Å². The van der Waals surface area contributed by atoms with Gasteiger partial charge in [-0.15, -0.1) is 0 Å². The molecule has 0 aliphatic carbocycles. The van der Waals surface area contributed by atoms with Gasteiger partial charge >= 0.3 is 0 Å². The van der Waals surface area contributed by atoms with E-state index >= 15 is 0 Å². The van der Waals surface area contributed by atoms with Crippen molar-refractivity contribution in [3.63, 3.8) is 0 Å². The Balaban J connectivity index is 1.93. The number of anilines is 1. The summed E-state index contributed by atoms with van der Waals surface area (Å²) in [6.45, 7) is 1.31. The van der Waals surface area contributed by atoms with Gasteiger partial charge in [0.15, 0.2) is 0 Å². The van der Waals surface area contributed by atoms with E-state index < -0.39 is 6.10 Å². The van der Waals surface area contributed by atoms with Crippen LogP contribution >= 0.6 is 0 Å². The second-order valence-corrected chi connectivity index (χ2v) is 4.74. The maximum Gasteiger partial charge on any atom is 0.0917 e. The molecule has 1 heterocycles. The molecule has 19 heavy (non-hydrogen) atoms. The lowest BCUT2D eigenvalue weighted by molar-refractivity contribution is 0.124. The molecule has 0 radical (unpaired) electrons. The molecule has 4 heteroatoms. The van der Waals surface area contributed by atoms with E-state index in [2.05, 4.69) is 9.88 Å². The average Bonchev–Trinajstić information content (AvgIpc) is 2.39. The SMILES string of the molecule is CN(Cc1cccnc1)CC(O)c1cccc(N)c1. The van der Waals surface area contributed by atoms with Crippen LogP contribution in [-0.4, -0.2) is 28.6 Å². The van der Waals surface area contributed by atoms with Gasteiger partial charge in [0.05, 0.1) is 6.10 Å². The molecular formula is C15H19N3O. The van der Waals surface area contributed by atoms with Crippen LogP contribution in [0.1, 0.15) is 17.2 Å². The summed E-state index contributed by atoms with van der Waals surface area (Å²) in [5.41, 5.74) is 8.37. The van der Waals surface area contributed by atoms with Crippen LogP contribution in [0.15, 0.2) is 48.8 Å². The number of aliphatic hydroxyl groups is 1. The number of benzene rings is 1. The van der Waals surface area contributed by atoms with Gasteiger partial charge in [0, 0.05) is 31.2 Å². The van der Waals surface area contributed by atoms with Crippen molar-refractivity contribution in [3.05, 3.63) is 59.9 Å². The molecule has 0 fully saturated rings. The van der Waals surface area contributed by atoms with E-state index in [1.807, 2.05) is 49.6 Å². The molecule has 0 aliphatic rings. The van der Waals surface area contributed by atoms with E-state index in [9.17, 15) is 5.11 Å². The minimum Gasteiger partial charge on any atom is -0.399 e. The first kappa shape index (κ1) is 13.5.